The maximum Gasteiger partial charge on any atom is 0.214 e. The van der Waals surface area contributed by atoms with E-state index >= 15 is 0 Å². The minimum absolute atomic E-state index is 0.172. The van der Waals surface area contributed by atoms with E-state index in [2.05, 4.69) is 11.8 Å². The standard InChI is InChI=1S/C14H21NO3S2/c1-12(2)6-8-20(17,18)15(3)10-14-9-13(11-19-14)5-4-7-16/h9,11-12,16H,6-8,10H2,1-3H3. The first-order valence-corrected chi connectivity index (χ1v) is 8.95. The second-order valence-electron chi connectivity index (χ2n) is 5.02. The summed E-state index contributed by atoms with van der Waals surface area (Å²) in [6.07, 6.45) is 0.671. The SMILES string of the molecule is CC(C)CCS(=O)(=O)N(C)Cc1cc(C#CCO)cs1. The topological polar surface area (TPSA) is 57.6 Å². The van der Waals surface area contributed by atoms with Crippen molar-refractivity contribution in [2.45, 2.75) is 26.8 Å². The molecule has 0 radical (unpaired) electrons. The molecule has 4 nitrogen and oxygen atoms in total. The van der Waals surface area contributed by atoms with Gasteiger partial charge in [0.05, 0.1) is 5.75 Å². The van der Waals surface area contributed by atoms with Gasteiger partial charge in [-0.05, 0) is 18.4 Å². The number of aliphatic hydroxyl groups excluding tert-OH is 1. The van der Waals surface area contributed by atoms with E-state index in [1.54, 1.807) is 7.05 Å². The summed E-state index contributed by atoms with van der Waals surface area (Å²) < 4.78 is 25.6. The lowest BCUT2D eigenvalue weighted by Gasteiger charge is -2.16. The fourth-order valence-corrected chi connectivity index (χ4v) is 3.90. The van der Waals surface area contributed by atoms with Crippen molar-refractivity contribution >= 4 is 21.4 Å². The monoisotopic (exact) mass is 315 g/mol. The Labute approximate surface area is 125 Å². The lowest BCUT2D eigenvalue weighted by Crippen LogP contribution is -2.29. The number of thiophene rings is 1. The highest BCUT2D eigenvalue weighted by molar-refractivity contribution is 7.89. The van der Waals surface area contributed by atoms with Gasteiger partial charge in [-0.3, -0.25) is 0 Å². The molecule has 0 bridgehead atoms. The molecular weight excluding hydrogens is 294 g/mol. The van der Waals surface area contributed by atoms with Gasteiger partial charge in [-0.25, -0.2) is 8.42 Å². The molecule has 0 aromatic carbocycles. The molecule has 0 saturated heterocycles. The molecule has 1 aromatic rings. The number of aliphatic hydroxyl groups is 1. The highest BCUT2D eigenvalue weighted by atomic mass is 32.2. The van der Waals surface area contributed by atoms with Crippen molar-refractivity contribution in [2.75, 3.05) is 19.4 Å². The normalized spacial score (nSPS) is 11.7. The van der Waals surface area contributed by atoms with Crippen LogP contribution in [0.4, 0.5) is 0 Å². The molecule has 6 heteroatoms. The third kappa shape index (κ3) is 5.63. The molecule has 112 valence electrons. The Kier molecular flexibility index (Phi) is 6.69. The van der Waals surface area contributed by atoms with Gasteiger partial charge in [0.25, 0.3) is 0 Å². The molecule has 20 heavy (non-hydrogen) atoms. The molecule has 1 heterocycles. The van der Waals surface area contributed by atoms with Crippen molar-refractivity contribution in [1.29, 1.82) is 0 Å². The van der Waals surface area contributed by atoms with Crippen molar-refractivity contribution in [3.05, 3.63) is 21.9 Å². The number of rotatable bonds is 6. The Bertz CT molecular complexity index is 579. The van der Waals surface area contributed by atoms with E-state index in [0.29, 0.717) is 18.9 Å². The predicted molar refractivity (Wildman–Crippen MR) is 83.0 cm³/mol. The molecule has 0 aliphatic carbocycles. The molecule has 0 unspecified atom stereocenters. The van der Waals surface area contributed by atoms with E-state index in [1.807, 2.05) is 25.3 Å². The van der Waals surface area contributed by atoms with Crippen LogP contribution in [0, 0.1) is 17.8 Å². The van der Waals surface area contributed by atoms with Gasteiger partial charge in [-0.15, -0.1) is 11.3 Å². The molecule has 0 amide bonds. The molecule has 0 atom stereocenters. The summed E-state index contributed by atoms with van der Waals surface area (Å²) in [7, 11) is -1.59. The summed E-state index contributed by atoms with van der Waals surface area (Å²) in [5.74, 6) is 5.94. The van der Waals surface area contributed by atoms with Crippen LogP contribution in [-0.4, -0.2) is 37.2 Å². The average Bonchev–Trinajstić information content (AvgIpc) is 2.81. The van der Waals surface area contributed by atoms with Crippen molar-refractivity contribution in [2.24, 2.45) is 5.92 Å². The van der Waals surface area contributed by atoms with Crippen LogP contribution in [0.3, 0.4) is 0 Å². The van der Waals surface area contributed by atoms with Crippen LogP contribution in [0.1, 0.15) is 30.7 Å². The second kappa shape index (κ2) is 7.79. The largest absolute Gasteiger partial charge is 0.384 e. The number of sulfonamides is 1. The molecule has 0 aliphatic rings. The molecule has 0 fully saturated rings. The summed E-state index contributed by atoms with van der Waals surface area (Å²) in [6, 6.07) is 1.86. The minimum Gasteiger partial charge on any atom is -0.384 e. The minimum atomic E-state index is -3.20. The van der Waals surface area contributed by atoms with Gasteiger partial charge < -0.3 is 5.11 Å². The summed E-state index contributed by atoms with van der Waals surface area (Å²) in [6.45, 7) is 4.22. The van der Waals surface area contributed by atoms with Crippen LogP contribution in [0.25, 0.3) is 0 Å². The van der Waals surface area contributed by atoms with E-state index in [4.69, 9.17) is 5.11 Å². The van der Waals surface area contributed by atoms with Gasteiger partial charge in [-0.2, -0.15) is 4.31 Å². The highest BCUT2D eigenvalue weighted by Crippen LogP contribution is 2.18. The zero-order valence-electron chi connectivity index (χ0n) is 12.1. The quantitative estimate of drug-likeness (QED) is 0.816. The van der Waals surface area contributed by atoms with E-state index in [-0.39, 0.29) is 12.4 Å². The maximum absolute atomic E-state index is 12.1. The first-order valence-electron chi connectivity index (χ1n) is 6.46. The lowest BCUT2D eigenvalue weighted by molar-refractivity contribution is 0.350. The third-order valence-electron chi connectivity index (χ3n) is 2.77. The van der Waals surface area contributed by atoms with Gasteiger partial charge in [0, 0.05) is 29.4 Å². The van der Waals surface area contributed by atoms with Crippen LogP contribution in [0.2, 0.25) is 0 Å². The van der Waals surface area contributed by atoms with Crippen LogP contribution in [0.5, 0.6) is 0 Å². The Balaban J connectivity index is 2.65. The van der Waals surface area contributed by atoms with E-state index in [1.165, 1.54) is 15.6 Å². The van der Waals surface area contributed by atoms with Gasteiger partial charge in [-0.1, -0.05) is 25.7 Å². The smallest absolute Gasteiger partial charge is 0.214 e. The Hall–Kier alpha value is -0.870. The zero-order valence-corrected chi connectivity index (χ0v) is 13.7. The van der Waals surface area contributed by atoms with E-state index < -0.39 is 10.0 Å². The van der Waals surface area contributed by atoms with Crippen molar-refractivity contribution in [3.63, 3.8) is 0 Å². The van der Waals surface area contributed by atoms with Crippen molar-refractivity contribution < 1.29 is 13.5 Å². The van der Waals surface area contributed by atoms with E-state index in [9.17, 15) is 8.42 Å². The summed E-state index contributed by atoms with van der Waals surface area (Å²) in [5.41, 5.74) is 0.812. The molecule has 0 aliphatic heterocycles. The Morgan fingerprint density at radius 2 is 2.15 bits per heavy atom. The molecule has 0 spiro atoms. The van der Waals surface area contributed by atoms with Gasteiger partial charge in [0.2, 0.25) is 10.0 Å². The van der Waals surface area contributed by atoms with Crippen molar-refractivity contribution in [1.82, 2.24) is 4.31 Å². The molecule has 1 rings (SSSR count). The molecule has 0 saturated carbocycles. The van der Waals surface area contributed by atoms with Crippen LogP contribution in [0.15, 0.2) is 11.4 Å². The number of hydrogen-bond donors (Lipinski definition) is 1. The average molecular weight is 315 g/mol. The summed E-state index contributed by atoms with van der Waals surface area (Å²) in [4.78, 5) is 0.947. The predicted octanol–water partition coefficient (Wildman–Crippen LogP) is 1.90. The fraction of sp³-hybridized carbons (Fsp3) is 0.571. The van der Waals surface area contributed by atoms with Gasteiger partial charge >= 0.3 is 0 Å². The fourth-order valence-electron chi connectivity index (χ4n) is 1.53. The Morgan fingerprint density at radius 3 is 2.75 bits per heavy atom. The third-order valence-corrected chi connectivity index (χ3v) is 5.52. The second-order valence-corrected chi connectivity index (χ2v) is 8.21. The summed E-state index contributed by atoms with van der Waals surface area (Å²) in [5, 5.41) is 10.5. The van der Waals surface area contributed by atoms with E-state index in [0.717, 1.165) is 10.4 Å². The molecule has 1 aromatic heterocycles. The highest BCUT2D eigenvalue weighted by Gasteiger charge is 2.18. The molecule has 1 N–H and O–H groups in total. The lowest BCUT2D eigenvalue weighted by atomic mass is 10.2. The van der Waals surface area contributed by atoms with Crippen LogP contribution >= 0.6 is 11.3 Å². The maximum atomic E-state index is 12.1. The van der Waals surface area contributed by atoms with Gasteiger partial charge in [0.15, 0.2) is 0 Å². The number of hydrogen-bond acceptors (Lipinski definition) is 4. The van der Waals surface area contributed by atoms with Crippen LogP contribution < -0.4 is 0 Å². The number of nitrogens with zero attached hydrogens (tertiary/aromatic N) is 1. The summed E-state index contributed by atoms with van der Waals surface area (Å²) >= 11 is 1.48. The Morgan fingerprint density at radius 1 is 1.45 bits per heavy atom. The van der Waals surface area contributed by atoms with Crippen molar-refractivity contribution in [3.8, 4) is 11.8 Å². The molecular formula is C14H21NO3S2. The zero-order chi connectivity index (χ0) is 15.2. The first-order chi connectivity index (χ1) is 9.35. The first kappa shape index (κ1) is 17.2. The van der Waals surface area contributed by atoms with Crippen LogP contribution in [-0.2, 0) is 16.6 Å². The van der Waals surface area contributed by atoms with Gasteiger partial charge in [0.1, 0.15) is 6.61 Å².